The third kappa shape index (κ3) is 3.17. The lowest BCUT2D eigenvalue weighted by Crippen LogP contribution is -2.23. The number of fused-ring (bicyclic) bond motifs is 1. The molecule has 0 saturated heterocycles. The lowest BCUT2D eigenvalue weighted by atomic mass is 9.98. The number of hydrogen-bond donors (Lipinski definition) is 1. The molecule has 1 aromatic carbocycles. The van der Waals surface area contributed by atoms with Gasteiger partial charge in [-0.2, -0.15) is 0 Å². The van der Waals surface area contributed by atoms with E-state index in [1.54, 1.807) is 11.3 Å². The van der Waals surface area contributed by atoms with Gasteiger partial charge in [0.25, 0.3) is 0 Å². The molecule has 0 saturated carbocycles. The molecule has 0 spiro atoms. The predicted molar refractivity (Wildman–Crippen MR) is 89.1 cm³/mol. The van der Waals surface area contributed by atoms with Crippen LogP contribution < -0.4 is 5.32 Å². The zero-order valence-electron chi connectivity index (χ0n) is 12.8. The number of hydrogen-bond acceptors (Lipinski definition) is 3. The van der Waals surface area contributed by atoms with Gasteiger partial charge >= 0.3 is 0 Å². The van der Waals surface area contributed by atoms with Crippen molar-refractivity contribution >= 4 is 16.3 Å². The number of likely N-dealkylation sites (N-methyl/N-ethyl adjacent to an activating group) is 1. The summed E-state index contributed by atoms with van der Waals surface area (Å²) >= 11 is 1.68. The van der Waals surface area contributed by atoms with Crippen molar-refractivity contribution in [2.45, 2.75) is 33.2 Å². The van der Waals surface area contributed by atoms with E-state index in [1.807, 2.05) is 0 Å². The fourth-order valence-corrected chi connectivity index (χ4v) is 3.57. The Kier molecular flexibility index (Phi) is 4.08. The van der Waals surface area contributed by atoms with E-state index in [0.29, 0.717) is 6.04 Å². The lowest BCUT2D eigenvalue weighted by Gasteiger charge is -2.18. The van der Waals surface area contributed by atoms with Crippen molar-refractivity contribution < 1.29 is 0 Å². The first-order chi connectivity index (χ1) is 10.2. The molecule has 3 aromatic rings. The molecule has 1 unspecified atom stereocenters. The molecule has 2 aromatic heterocycles. The maximum Gasteiger partial charge on any atom is 0.193 e. The van der Waals surface area contributed by atoms with Gasteiger partial charge in [-0.25, -0.2) is 4.98 Å². The smallest absolute Gasteiger partial charge is 0.193 e. The average molecular weight is 299 g/mol. The second kappa shape index (κ2) is 6.00. The summed E-state index contributed by atoms with van der Waals surface area (Å²) in [6.07, 6.45) is 5.12. The van der Waals surface area contributed by atoms with Crippen LogP contribution in [0.1, 0.15) is 35.3 Å². The number of nitrogens with one attached hydrogen (secondary N) is 1. The minimum absolute atomic E-state index is 0.318. The Balaban J connectivity index is 1.88. The van der Waals surface area contributed by atoms with Gasteiger partial charge in [-0.1, -0.05) is 36.2 Å². The van der Waals surface area contributed by atoms with Crippen molar-refractivity contribution in [3.8, 4) is 0 Å². The normalized spacial score (nSPS) is 12.9. The average Bonchev–Trinajstić information content (AvgIpc) is 2.97. The molecule has 3 nitrogen and oxygen atoms in total. The summed E-state index contributed by atoms with van der Waals surface area (Å²) in [5.74, 6) is 0. The maximum atomic E-state index is 4.71. The van der Waals surface area contributed by atoms with Crippen LogP contribution in [0.3, 0.4) is 0 Å². The molecule has 0 aliphatic rings. The first kappa shape index (κ1) is 14.3. The second-order valence-corrected chi connectivity index (χ2v) is 6.43. The highest BCUT2D eigenvalue weighted by Gasteiger charge is 2.14. The van der Waals surface area contributed by atoms with Crippen molar-refractivity contribution in [2.24, 2.45) is 0 Å². The van der Waals surface area contributed by atoms with Crippen LogP contribution in [0.2, 0.25) is 0 Å². The monoisotopic (exact) mass is 299 g/mol. The van der Waals surface area contributed by atoms with Crippen LogP contribution in [-0.4, -0.2) is 15.9 Å². The van der Waals surface area contributed by atoms with Gasteiger partial charge in [0, 0.05) is 30.2 Å². The number of nitrogens with zero attached hydrogens (tertiary/aromatic N) is 2. The standard InChI is InChI=1S/C17H21N3S/c1-4-18-16(14-8-12(2)7-13(3)9-14)10-15-11-20-5-6-21-17(20)19-15/h5-9,11,16,18H,4,10H2,1-3H3. The van der Waals surface area contributed by atoms with Gasteiger partial charge < -0.3 is 5.32 Å². The third-order valence-corrected chi connectivity index (χ3v) is 4.42. The largest absolute Gasteiger partial charge is 0.310 e. The number of rotatable bonds is 5. The Morgan fingerprint density at radius 1 is 1.24 bits per heavy atom. The van der Waals surface area contributed by atoms with Crippen LogP contribution >= 0.6 is 11.3 Å². The van der Waals surface area contributed by atoms with Gasteiger partial charge in [-0.3, -0.25) is 4.40 Å². The molecule has 2 heterocycles. The van der Waals surface area contributed by atoms with Gasteiger partial charge in [-0.05, 0) is 26.0 Å². The van der Waals surface area contributed by atoms with Crippen molar-refractivity contribution in [3.63, 3.8) is 0 Å². The summed E-state index contributed by atoms with van der Waals surface area (Å²) in [7, 11) is 0. The van der Waals surface area contributed by atoms with Gasteiger partial charge in [0.05, 0.1) is 5.69 Å². The van der Waals surface area contributed by atoms with Crippen molar-refractivity contribution in [2.75, 3.05) is 6.54 Å². The molecule has 1 N–H and O–H groups in total. The first-order valence-electron chi connectivity index (χ1n) is 7.38. The van der Waals surface area contributed by atoms with Gasteiger partial charge in [0.2, 0.25) is 0 Å². The zero-order valence-corrected chi connectivity index (χ0v) is 13.6. The van der Waals surface area contributed by atoms with E-state index in [1.165, 1.54) is 16.7 Å². The summed E-state index contributed by atoms with van der Waals surface area (Å²) in [5.41, 5.74) is 5.13. The number of benzene rings is 1. The molecular formula is C17H21N3S. The minimum atomic E-state index is 0.318. The van der Waals surface area contributed by atoms with Crippen LogP contribution in [0.25, 0.3) is 4.96 Å². The van der Waals surface area contributed by atoms with Gasteiger partial charge in [0.15, 0.2) is 4.96 Å². The Labute approximate surface area is 129 Å². The number of aromatic nitrogens is 2. The SMILES string of the molecule is CCNC(Cc1cn2ccsc2n1)c1cc(C)cc(C)c1. The molecule has 3 rings (SSSR count). The molecule has 0 radical (unpaired) electrons. The van der Waals surface area contributed by atoms with E-state index in [2.05, 4.69) is 66.5 Å². The van der Waals surface area contributed by atoms with E-state index in [4.69, 9.17) is 4.98 Å². The highest BCUT2D eigenvalue weighted by molar-refractivity contribution is 7.15. The Hall–Kier alpha value is -1.65. The van der Waals surface area contributed by atoms with Crippen molar-refractivity contribution in [1.29, 1.82) is 0 Å². The number of aryl methyl sites for hydroxylation is 2. The topological polar surface area (TPSA) is 29.3 Å². The molecule has 0 fully saturated rings. The van der Waals surface area contributed by atoms with Crippen LogP contribution in [-0.2, 0) is 6.42 Å². The van der Waals surface area contributed by atoms with E-state index >= 15 is 0 Å². The molecule has 0 aliphatic carbocycles. The summed E-state index contributed by atoms with van der Waals surface area (Å²) in [6.45, 7) is 7.43. The number of imidazole rings is 1. The quantitative estimate of drug-likeness (QED) is 0.774. The molecule has 0 bridgehead atoms. The van der Waals surface area contributed by atoms with Crippen molar-refractivity contribution in [3.05, 3.63) is 58.4 Å². The van der Waals surface area contributed by atoms with Crippen LogP contribution in [0.5, 0.6) is 0 Å². The van der Waals surface area contributed by atoms with E-state index in [-0.39, 0.29) is 0 Å². The Bertz CT molecular complexity index is 693. The summed E-state index contributed by atoms with van der Waals surface area (Å²) in [4.78, 5) is 5.78. The molecule has 0 amide bonds. The fraction of sp³-hybridized carbons (Fsp3) is 0.353. The molecule has 21 heavy (non-hydrogen) atoms. The Morgan fingerprint density at radius 2 is 2.00 bits per heavy atom. The predicted octanol–water partition coefficient (Wildman–Crippen LogP) is 3.91. The highest BCUT2D eigenvalue weighted by Crippen LogP contribution is 2.22. The van der Waals surface area contributed by atoms with Crippen LogP contribution in [0.15, 0.2) is 36.0 Å². The second-order valence-electron chi connectivity index (χ2n) is 5.56. The number of thiazole rings is 1. The molecule has 110 valence electrons. The van der Waals surface area contributed by atoms with Crippen molar-refractivity contribution in [1.82, 2.24) is 14.7 Å². The zero-order chi connectivity index (χ0) is 14.8. The van der Waals surface area contributed by atoms with E-state index < -0.39 is 0 Å². The minimum Gasteiger partial charge on any atom is -0.310 e. The molecule has 0 aliphatic heterocycles. The first-order valence-corrected chi connectivity index (χ1v) is 8.26. The fourth-order valence-electron chi connectivity index (χ4n) is 2.85. The molecule has 4 heteroatoms. The van der Waals surface area contributed by atoms with E-state index in [9.17, 15) is 0 Å². The Morgan fingerprint density at radius 3 is 2.67 bits per heavy atom. The molecule has 1 atom stereocenters. The summed E-state index contributed by atoms with van der Waals surface area (Å²) in [6, 6.07) is 7.09. The summed E-state index contributed by atoms with van der Waals surface area (Å²) in [5, 5.41) is 5.66. The lowest BCUT2D eigenvalue weighted by molar-refractivity contribution is 0.544. The van der Waals surface area contributed by atoms with E-state index in [0.717, 1.165) is 23.6 Å². The summed E-state index contributed by atoms with van der Waals surface area (Å²) < 4.78 is 2.10. The van der Waals surface area contributed by atoms with Gasteiger partial charge in [-0.15, -0.1) is 11.3 Å². The van der Waals surface area contributed by atoms with Crippen LogP contribution in [0, 0.1) is 13.8 Å². The highest BCUT2D eigenvalue weighted by atomic mass is 32.1. The molecular weight excluding hydrogens is 278 g/mol. The van der Waals surface area contributed by atoms with Crippen LogP contribution in [0.4, 0.5) is 0 Å². The van der Waals surface area contributed by atoms with Gasteiger partial charge in [0.1, 0.15) is 0 Å². The maximum absolute atomic E-state index is 4.71. The third-order valence-electron chi connectivity index (χ3n) is 3.65.